The number of aromatic nitrogens is 2. The summed E-state index contributed by atoms with van der Waals surface area (Å²) in [7, 11) is 1.82. The maximum Gasteiger partial charge on any atom is 0.311 e. The Balaban J connectivity index is 2.19. The molecule has 0 fully saturated rings. The van der Waals surface area contributed by atoms with E-state index in [0.717, 1.165) is 17.8 Å². The second-order valence-corrected chi connectivity index (χ2v) is 4.85. The first-order valence-corrected chi connectivity index (χ1v) is 7.06. The Morgan fingerprint density at radius 3 is 2.76 bits per heavy atom. The molecular formula is C14H16ClN3O3. The van der Waals surface area contributed by atoms with Crippen LogP contribution in [0.3, 0.4) is 0 Å². The zero-order valence-electron chi connectivity index (χ0n) is 11.9. The van der Waals surface area contributed by atoms with Gasteiger partial charge in [-0.2, -0.15) is 5.10 Å². The lowest BCUT2D eigenvalue weighted by atomic mass is 10.2. The summed E-state index contributed by atoms with van der Waals surface area (Å²) in [5, 5.41) is 15.4. The molecule has 6 nitrogen and oxygen atoms in total. The highest BCUT2D eigenvalue weighted by Crippen LogP contribution is 2.29. The molecular weight excluding hydrogens is 294 g/mol. The highest BCUT2D eigenvalue weighted by atomic mass is 35.5. The number of nitro groups is 1. The average molecular weight is 310 g/mol. The molecule has 2 rings (SSSR count). The van der Waals surface area contributed by atoms with E-state index in [1.54, 1.807) is 16.8 Å². The van der Waals surface area contributed by atoms with Crippen LogP contribution >= 0.6 is 11.6 Å². The molecule has 0 spiro atoms. The molecule has 0 saturated heterocycles. The largest absolute Gasteiger partial charge is 0.480 e. The van der Waals surface area contributed by atoms with Crippen LogP contribution in [0.15, 0.2) is 24.3 Å². The van der Waals surface area contributed by atoms with E-state index in [9.17, 15) is 10.1 Å². The third kappa shape index (κ3) is 3.52. The van der Waals surface area contributed by atoms with Crippen molar-refractivity contribution in [2.24, 2.45) is 7.05 Å². The molecule has 0 N–H and O–H groups in total. The van der Waals surface area contributed by atoms with Crippen LogP contribution in [0.1, 0.15) is 23.9 Å². The molecule has 0 radical (unpaired) electrons. The van der Waals surface area contributed by atoms with Crippen molar-refractivity contribution in [3.05, 3.63) is 51.3 Å². The second kappa shape index (κ2) is 6.58. The molecule has 2 aromatic rings. The number of alkyl halides is 1. The number of halogens is 1. The van der Waals surface area contributed by atoms with Crippen LogP contribution in [-0.2, 0) is 26.0 Å². The molecule has 0 aliphatic carbocycles. The molecule has 0 aliphatic heterocycles. The predicted molar refractivity (Wildman–Crippen MR) is 79.6 cm³/mol. The summed E-state index contributed by atoms with van der Waals surface area (Å²) in [6.45, 7) is 2.24. The minimum Gasteiger partial charge on any atom is -0.480 e. The van der Waals surface area contributed by atoms with Crippen LogP contribution in [0, 0.1) is 10.1 Å². The number of aryl methyl sites for hydroxylation is 2. The third-order valence-corrected chi connectivity index (χ3v) is 3.45. The van der Waals surface area contributed by atoms with Gasteiger partial charge in [0.25, 0.3) is 0 Å². The smallest absolute Gasteiger partial charge is 0.311 e. The van der Waals surface area contributed by atoms with Crippen molar-refractivity contribution in [2.75, 3.05) is 0 Å². The summed E-state index contributed by atoms with van der Waals surface area (Å²) >= 11 is 5.69. The zero-order chi connectivity index (χ0) is 15.4. The predicted octanol–water partition coefficient (Wildman–Crippen LogP) is 3.21. The van der Waals surface area contributed by atoms with Crippen molar-refractivity contribution in [3.63, 3.8) is 0 Å². The van der Waals surface area contributed by atoms with Gasteiger partial charge in [-0.05, 0) is 24.1 Å². The Morgan fingerprint density at radius 2 is 2.19 bits per heavy atom. The van der Waals surface area contributed by atoms with Crippen molar-refractivity contribution >= 4 is 17.3 Å². The van der Waals surface area contributed by atoms with Crippen LogP contribution in [0.2, 0.25) is 0 Å². The highest BCUT2D eigenvalue weighted by molar-refractivity contribution is 6.17. The number of ether oxygens (including phenoxy) is 1. The normalized spacial score (nSPS) is 10.6. The molecule has 0 bridgehead atoms. The van der Waals surface area contributed by atoms with Gasteiger partial charge in [-0.3, -0.25) is 14.8 Å². The van der Waals surface area contributed by atoms with Gasteiger partial charge in [-0.15, -0.1) is 11.6 Å². The van der Waals surface area contributed by atoms with Gasteiger partial charge in [0.05, 0.1) is 16.3 Å². The van der Waals surface area contributed by atoms with E-state index < -0.39 is 4.92 Å². The molecule has 0 unspecified atom stereocenters. The number of rotatable bonds is 6. The fraction of sp³-hybridized carbons (Fsp3) is 0.357. The van der Waals surface area contributed by atoms with Gasteiger partial charge in [0.1, 0.15) is 6.61 Å². The summed E-state index contributed by atoms with van der Waals surface area (Å²) in [6.07, 6.45) is 0.832. The minimum atomic E-state index is -0.466. The van der Waals surface area contributed by atoms with Crippen molar-refractivity contribution in [1.29, 1.82) is 0 Å². The molecule has 112 valence electrons. The second-order valence-electron chi connectivity index (χ2n) is 4.59. The Kier molecular flexibility index (Phi) is 4.80. The quantitative estimate of drug-likeness (QED) is 0.467. The van der Waals surface area contributed by atoms with Crippen molar-refractivity contribution in [1.82, 2.24) is 9.78 Å². The highest BCUT2D eigenvalue weighted by Gasteiger charge is 2.16. The first kappa shape index (κ1) is 15.3. The molecule has 7 heteroatoms. The van der Waals surface area contributed by atoms with E-state index in [-0.39, 0.29) is 23.9 Å². The van der Waals surface area contributed by atoms with Crippen LogP contribution in [0.25, 0.3) is 0 Å². The third-order valence-electron chi connectivity index (χ3n) is 3.14. The van der Waals surface area contributed by atoms with Crippen LogP contribution in [-0.4, -0.2) is 14.7 Å². The van der Waals surface area contributed by atoms with Crippen molar-refractivity contribution in [3.8, 4) is 5.75 Å². The Labute approximate surface area is 127 Å². The number of nitrogens with zero attached hydrogens (tertiary/aromatic N) is 3. The fourth-order valence-electron chi connectivity index (χ4n) is 1.94. The van der Waals surface area contributed by atoms with E-state index in [4.69, 9.17) is 16.3 Å². The maximum absolute atomic E-state index is 11.1. The molecule has 1 aromatic heterocycles. The standard InChI is InChI=1S/C14H16ClN3O3/c1-3-11-7-12(17(2)16-11)9-21-14-5-4-10(8-15)6-13(14)18(19)20/h4-7H,3,8-9H2,1-2H3. The first-order valence-electron chi connectivity index (χ1n) is 6.53. The first-order chi connectivity index (χ1) is 10.0. The molecule has 0 saturated carbocycles. The molecule has 0 amide bonds. The molecule has 21 heavy (non-hydrogen) atoms. The lowest BCUT2D eigenvalue weighted by Crippen LogP contribution is -2.04. The summed E-state index contributed by atoms with van der Waals surface area (Å²) in [4.78, 5) is 10.6. The number of benzene rings is 1. The monoisotopic (exact) mass is 309 g/mol. The van der Waals surface area contributed by atoms with Gasteiger partial charge in [0.2, 0.25) is 0 Å². The maximum atomic E-state index is 11.1. The van der Waals surface area contributed by atoms with E-state index >= 15 is 0 Å². The zero-order valence-corrected chi connectivity index (χ0v) is 12.6. The van der Waals surface area contributed by atoms with Gasteiger partial charge in [0.15, 0.2) is 5.75 Å². The number of hydrogen-bond acceptors (Lipinski definition) is 4. The Bertz CT molecular complexity index is 655. The molecule has 1 heterocycles. The lowest BCUT2D eigenvalue weighted by molar-refractivity contribution is -0.386. The van der Waals surface area contributed by atoms with Crippen LogP contribution in [0.4, 0.5) is 5.69 Å². The molecule has 1 aromatic carbocycles. The van der Waals surface area contributed by atoms with Gasteiger partial charge >= 0.3 is 5.69 Å². The summed E-state index contributed by atoms with van der Waals surface area (Å²) in [5.74, 6) is 0.455. The van der Waals surface area contributed by atoms with Crippen LogP contribution < -0.4 is 4.74 Å². The van der Waals surface area contributed by atoms with Gasteiger partial charge in [-0.25, -0.2) is 0 Å². The van der Waals surface area contributed by atoms with Crippen molar-refractivity contribution in [2.45, 2.75) is 25.8 Å². The molecule has 0 aliphatic rings. The Hall–Kier alpha value is -2.08. The SMILES string of the molecule is CCc1cc(COc2ccc(CCl)cc2[N+](=O)[O-])n(C)n1. The van der Waals surface area contributed by atoms with Gasteiger partial charge < -0.3 is 4.74 Å². The Morgan fingerprint density at radius 1 is 1.43 bits per heavy atom. The van der Waals surface area contributed by atoms with E-state index in [1.165, 1.54) is 6.07 Å². The van der Waals surface area contributed by atoms with E-state index in [0.29, 0.717) is 5.56 Å². The fourth-order valence-corrected chi connectivity index (χ4v) is 2.11. The van der Waals surface area contributed by atoms with Crippen molar-refractivity contribution < 1.29 is 9.66 Å². The van der Waals surface area contributed by atoms with Gasteiger partial charge in [0, 0.05) is 19.0 Å². The summed E-state index contributed by atoms with van der Waals surface area (Å²) in [5.41, 5.74) is 2.43. The van der Waals surface area contributed by atoms with E-state index in [1.807, 2.05) is 20.0 Å². The number of hydrogen-bond donors (Lipinski definition) is 0. The topological polar surface area (TPSA) is 70.2 Å². The van der Waals surface area contributed by atoms with Crippen LogP contribution in [0.5, 0.6) is 5.75 Å². The molecule has 0 atom stereocenters. The summed E-state index contributed by atoms with van der Waals surface area (Å²) < 4.78 is 7.30. The lowest BCUT2D eigenvalue weighted by Gasteiger charge is -2.07. The van der Waals surface area contributed by atoms with E-state index in [2.05, 4.69) is 5.10 Å². The minimum absolute atomic E-state index is 0.0777. The van der Waals surface area contributed by atoms with Gasteiger partial charge in [-0.1, -0.05) is 13.0 Å². The number of nitro benzene ring substituents is 1. The summed E-state index contributed by atoms with van der Waals surface area (Å²) in [6, 6.07) is 6.66. The average Bonchev–Trinajstić information content (AvgIpc) is 2.85.